The number of rotatable bonds is 3. The van der Waals surface area contributed by atoms with Crippen molar-refractivity contribution in [2.45, 2.75) is 0 Å². The van der Waals surface area contributed by atoms with Crippen LogP contribution in [0.4, 0.5) is 0 Å². The molecule has 0 atom stereocenters. The lowest BCUT2D eigenvalue weighted by Gasteiger charge is -2.13. The smallest absolute Gasteiger partial charge is 0.0803 e. The fraction of sp³-hybridized carbons (Fsp3) is 0. The third kappa shape index (κ3) is 3.19. The number of benzene rings is 2. The van der Waals surface area contributed by atoms with Crippen LogP contribution in [-0.4, -0.2) is 19.9 Å². The van der Waals surface area contributed by atoms with Crippen LogP contribution in [0.1, 0.15) is 0 Å². The topological polar surface area (TPSA) is 51.6 Å². The van der Waals surface area contributed by atoms with E-state index in [1.54, 1.807) is 18.6 Å². The molecule has 0 spiro atoms. The van der Waals surface area contributed by atoms with Crippen molar-refractivity contribution in [1.82, 2.24) is 19.9 Å². The molecule has 32 heavy (non-hydrogen) atoms. The Kier molecular flexibility index (Phi) is 4.40. The molecule has 0 N–H and O–H groups in total. The zero-order valence-corrected chi connectivity index (χ0v) is 17.2. The fourth-order valence-corrected chi connectivity index (χ4v) is 4.16. The molecule has 0 aliphatic rings. The van der Waals surface area contributed by atoms with Crippen LogP contribution in [0.15, 0.2) is 110 Å². The monoisotopic (exact) mass is 410 g/mol. The molecule has 6 aromatic rings. The van der Waals surface area contributed by atoms with Crippen LogP contribution < -0.4 is 0 Å². The highest BCUT2D eigenvalue weighted by molar-refractivity contribution is 6.12. The van der Waals surface area contributed by atoms with Gasteiger partial charge in [-0.05, 0) is 52.9 Å². The summed E-state index contributed by atoms with van der Waals surface area (Å²) >= 11 is 0. The number of pyridine rings is 4. The Labute approximate surface area is 185 Å². The third-order valence-corrected chi connectivity index (χ3v) is 5.72. The quantitative estimate of drug-likeness (QED) is 0.310. The van der Waals surface area contributed by atoms with E-state index in [4.69, 9.17) is 4.98 Å². The molecular weight excluding hydrogens is 392 g/mol. The molecule has 6 rings (SSSR count). The Bertz CT molecular complexity index is 1550. The number of hydrogen-bond acceptors (Lipinski definition) is 4. The molecule has 0 saturated heterocycles. The minimum atomic E-state index is 0.926. The van der Waals surface area contributed by atoms with E-state index in [-0.39, 0.29) is 0 Å². The van der Waals surface area contributed by atoms with E-state index in [9.17, 15) is 0 Å². The first kappa shape index (κ1) is 18.3. The Hall–Kier alpha value is -4.44. The highest BCUT2D eigenvalue weighted by atomic mass is 14.7. The second-order valence-electron chi connectivity index (χ2n) is 7.68. The highest BCUT2D eigenvalue weighted by Gasteiger charge is 2.13. The molecule has 4 heteroatoms. The first-order chi connectivity index (χ1) is 15.9. The fourth-order valence-electron chi connectivity index (χ4n) is 4.16. The van der Waals surface area contributed by atoms with Crippen molar-refractivity contribution in [1.29, 1.82) is 0 Å². The van der Waals surface area contributed by atoms with Gasteiger partial charge in [-0.15, -0.1) is 0 Å². The van der Waals surface area contributed by atoms with Crippen LogP contribution in [-0.2, 0) is 0 Å². The second kappa shape index (κ2) is 7.67. The summed E-state index contributed by atoms with van der Waals surface area (Å²) in [5, 5.41) is 3.39. The number of nitrogens with zero attached hydrogens (tertiary/aromatic N) is 4. The SMILES string of the molecule is c1cncc(-c2ccc3c(c2)nc(-c2cccnc2)c2cc(-c4cccnc4)ccc23)c1. The molecule has 0 unspecified atom stereocenters. The first-order valence-corrected chi connectivity index (χ1v) is 10.5. The molecule has 0 radical (unpaired) electrons. The van der Waals surface area contributed by atoms with Gasteiger partial charge in [-0.1, -0.05) is 36.4 Å². The summed E-state index contributed by atoms with van der Waals surface area (Å²) in [6.45, 7) is 0. The van der Waals surface area contributed by atoms with E-state index in [2.05, 4.69) is 69.5 Å². The van der Waals surface area contributed by atoms with Crippen molar-refractivity contribution in [3.8, 4) is 33.5 Å². The van der Waals surface area contributed by atoms with Gasteiger partial charge in [0, 0.05) is 64.6 Å². The van der Waals surface area contributed by atoms with Crippen LogP contribution in [0.25, 0.3) is 55.2 Å². The molecule has 4 nitrogen and oxygen atoms in total. The van der Waals surface area contributed by atoms with E-state index >= 15 is 0 Å². The Morgan fingerprint density at radius 2 is 1.00 bits per heavy atom. The molecule has 4 aromatic heterocycles. The van der Waals surface area contributed by atoms with Gasteiger partial charge in [0.25, 0.3) is 0 Å². The van der Waals surface area contributed by atoms with E-state index in [0.29, 0.717) is 0 Å². The van der Waals surface area contributed by atoms with Gasteiger partial charge in [0.15, 0.2) is 0 Å². The average molecular weight is 410 g/mol. The van der Waals surface area contributed by atoms with E-state index in [1.807, 2.05) is 36.8 Å². The van der Waals surface area contributed by atoms with Gasteiger partial charge in [0.1, 0.15) is 0 Å². The molecule has 0 aliphatic carbocycles. The summed E-state index contributed by atoms with van der Waals surface area (Å²) in [5.41, 5.74) is 7.24. The molecule has 0 aliphatic heterocycles. The van der Waals surface area contributed by atoms with Crippen molar-refractivity contribution < 1.29 is 0 Å². The predicted molar refractivity (Wildman–Crippen MR) is 129 cm³/mol. The van der Waals surface area contributed by atoms with Gasteiger partial charge in [0.05, 0.1) is 11.2 Å². The van der Waals surface area contributed by atoms with Gasteiger partial charge in [-0.2, -0.15) is 0 Å². The summed E-state index contributed by atoms with van der Waals surface area (Å²) in [4.78, 5) is 18.0. The molecule has 4 heterocycles. The Morgan fingerprint density at radius 1 is 0.438 bits per heavy atom. The van der Waals surface area contributed by atoms with Crippen molar-refractivity contribution in [3.05, 3.63) is 110 Å². The number of hydrogen-bond donors (Lipinski definition) is 0. The number of fused-ring (bicyclic) bond motifs is 3. The Morgan fingerprint density at radius 3 is 1.59 bits per heavy atom. The Balaban J connectivity index is 1.65. The van der Waals surface area contributed by atoms with Crippen molar-refractivity contribution in [3.63, 3.8) is 0 Å². The van der Waals surface area contributed by atoms with Crippen LogP contribution in [0.5, 0.6) is 0 Å². The minimum Gasteiger partial charge on any atom is -0.264 e. The molecule has 0 fully saturated rings. The standard InChI is InChI=1S/C28H18N4/c1-4-21(16-29-11-1)19-7-9-24-25-10-8-20(22-5-2-12-30-17-22)15-27(25)32-28(26(24)14-19)23-6-3-13-31-18-23/h1-18H. The maximum atomic E-state index is 5.12. The zero-order chi connectivity index (χ0) is 21.3. The van der Waals surface area contributed by atoms with Gasteiger partial charge >= 0.3 is 0 Å². The lowest BCUT2D eigenvalue weighted by atomic mass is 9.95. The number of aromatic nitrogens is 4. The highest BCUT2D eigenvalue weighted by Crippen LogP contribution is 2.36. The average Bonchev–Trinajstić information content (AvgIpc) is 2.89. The normalized spacial score (nSPS) is 11.1. The van der Waals surface area contributed by atoms with Crippen molar-refractivity contribution >= 4 is 21.7 Å². The van der Waals surface area contributed by atoms with Gasteiger partial charge in [-0.3, -0.25) is 15.0 Å². The van der Waals surface area contributed by atoms with Crippen molar-refractivity contribution in [2.24, 2.45) is 0 Å². The maximum Gasteiger partial charge on any atom is 0.0803 e. The molecule has 0 amide bonds. The summed E-state index contributed by atoms with van der Waals surface area (Å²) in [6, 6.07) is 25.0. The van der Waals surface area contributed by atoms with Gasteiger partial charge in [0.2, 0.25) is 0 Å². The molecular formula is C28H18N4. The van der Waals surface area contributed by atoms with Crippen molar-refractivity contribution in [2.75, 3.05) is 0 Å². The van der Waals surface area contributed by atoms with Crippen LogP contribution in [0, 0.1) is 0 Å². The van der Waals surface area contributed by atoms with Gasteiger partial charge < -0.3 is 0 Å². The summed E-state index contributed by atoms with van der Waals surface area (Å²) in [5.74, 6) is 0. The second-order valence-corrected chi connectivity index (χ2v) is 7.68. The van der Waals surface area contributed by atoms with E-state index < -0.39 is 0 Å². The maximum absolute atomic E-state index is 5.12. The van der Waals surface area contributed by atoms with E-state index in [1.165, 1.54) is 5.39 Å². The van der Waals surface area contributed by atoms with E-state index in [0.717, 1.165) is 49.8 Å². The minimum absolute atomic E-state index is 0.926. The molecule has 0 saturated carbocycles. The largest absolute Gasteiger partial charge is 0.264 e. The molecule has 2 aromatic carbocycles. The summed E-state index contributed by atoms with van der Waals surface area (Å²) in [6.07, 6.45) is 11.0. The van der Waals surface area contributed by atoms with Crippen LogP contribution >= 0.6 is 0 Å². The van der Waals surface area contributed by atoms with Crippen LogP contribution in [0.2, 0.25) is 0 Å². The summed E-state index contributed by atoms with van der Waals surface area (Å²) < 4.78 is 0. The zero-order valence-electron chi connectivity index (χ0n) is 17.2. The van der Waals surface area contributed by atoms with Crippen LogP contribution in [0.3, 0.4) is 0 Å². The first-order valence-electron chi connectivity index (χ1n) is 10.5. The predicted octanol–water partition coefficient (Wildman–Crippen LogP) is 6.57. The molecule has 150 valence electrons. The summed E-state index contributed by atoms with van der Waals surface area (Å²) in [7, 11) is 0. The molecule has 0 bridgehead atoms. The lowest BCUT2D eigenvalue weighted by molar-refractivity contribution is 1.31. The lowest BCUT2D eigenvalue weighted by Crippen LogP contribution is -1.92. The third-order valence-electron chi connectivity index (χ3n) is 5.72. The van der Waals surface area contributed by atoms with Gasteiger partial charge in [-0.25, -0.2) is 4.98 Å².